The highest BCUT2D eigenvalue weighted by atomic mass is 79.9. The molecule has 0 bridgehead atoms. The fraction of sp³-hybridized carbons (Fsp3) is 0.688. The second kappa shape index (κ2) is 6.20. The van der Waals surface area contributed by atoms with Crippen LogP contribution in [0.15, 0.2) is 15.5 Å². The van der Waals surface area contributed by atoms with Gasteiger partial charge in [0, 0.05) is 31.9 Å². The summed E-state index contributed by atoms with van der Waals surface area (Å²) in [7, 11) is 3.10. The number of ether oxygens (including phenoxy) is 3. The molecule has 1 fully saturated rings. The first-order chi connectivity index (χ1) is 11.0. The van der Waals surface area contributed by atoms with Crippen LogP contribution in [-0.2, 0) is 9.47 Å². The van der Waals surface area contributed by atoms with Gasteiger partial charge in [-0.05, 0) is 28.8 Å². The molecular weight excluding hydrogens is 366 g/mol. The number of rotatable bonds is 4. The lowest BCUT2D eigenvalue weighted by Crippen LogP contribution is -2.49. The third-order valence-corrected chi connectivity index (χ3v) is 5.75. The number of aliphatic hydroxyl groups excluding tert-OH is 1. The molecule has 1 aromatic heterocycles. The lowest BCUT2D eigenvalue weighted by Gasteiger charge is -2.47. The second-order valence-electron chi connectivity index (χ2n) is 6.43. The van der Waals surface area contributed by atoms with E-state index in [1.165, 1.54) is 7.11 Å². The van der Waals surface area contributed by atoms with E-state index in [-0.39, 0.29) is 23.3 Å². The molecule has 6 nitrogen and oxygen atoms in total. The van der Waals surface area contributed by atoms with E-state index in [9.17, 15) is 9.90 Å². The fourth-order valence-electron chi connectivity index (χ4n) is 3.89. The summed E-state index contributed by atoms with van der Waals surface area (Å²) in [6.07, 6.45) is 2.23. The van der Waals surface area contributed by atoms with Crippen LogP contribution >= 0.6 is 15.9 Å². The molecule has 4 atom stereocenters. The lowest BCUT2D eigenvalue weighted by molar-refractivity contribution is -0.115. The first-order valence-electron chi connectivity index (χ1n) is 7.72. The molecule has 7 heteroatoms. The Balaban J connectivity index is 2.20. The molecule has 3 heterocycles. The molecule has 0 aromatic carbocycles. The second-order valence-corrected chi connectivity index (χ2v) is 7.28. The van der Waals surface area contributed by atoms with E-state index in [1.807, 2.05) is 11.5 Å². The van der Waals surface area contributed by atoms with Crippen molar-refractivity contribution < 1.29 is 19.3 Å². The number of methoxy groups -OCH3 is 2. The highest BCUT2D eigenvalue weighted by Crippen LogP contribution is 2.54. The molecule has 23 heavy (non-hydrogen) atoms. The van der Waals surface area contributed by atoms with Crippen molar-refractivity contribution in [3.8, 4) is 5.75 Å². The number of halogens is 1. The third kappa shape index (κ3) is 2.45. The van der Waals surface area contributed by atoms with Gasteiger partial charge in [0.15, 0.2) is 5.75 Å². The summed E-state index contributed by atoms with van der Waals surface area (Å²) in [6, 6.07) is 0.0704. The largest absolute Gasteiger partial charge is 0.491 e. The summed E-state index contributed by atoms with van der Waals surface area (Å²) in [5, 5.41) is 11.1. The Morgan fingerprint density at radius 2 is 2.26 bits per heavy atom. The molecule has 0 aliphatic carbocycles. The Morgan fingerprint density at radius 1 is 1.52 bits per heavy atom. The quantitative estimate of drug-likeness (QED) is 0.855. The van der Waals surface area contributed by atoms with Crippen LogP contribution in [-0.4, -0.2) is 43.2 Å². The summed E-state index contributed by atoms with van der Waals surface area (Å²) in [4.78, 5) is 12.4. The molecule has 1 N–H and O–H groups in total. The molecule has 128 valence electrons. The molecule has 1 aromatic rings. The van der Waals surface area contributed by atoms with Crippen molar-refractivity contribution in [1.29, 1.82) is 0 Å². The molecule has 2 aliphatic heterocycles. The summed E-state index contributed by atoms with van der Waals surface area (Å²) < 4.78 is 18.9. The zero-order valence-corrected chi connectivity index (χ0v) is 15.1. The van der Waals surface area contributed by atoms with Gasteiger partial charge in [-0.15, -0.1) is 0 Å². The molecular formula is C16H22BrNO5. The number of fused-ring (bicyclic) bond motifs is 3. The van der Waals surface area contributed by atoms with Crippen molar-refractivity contribution in [2.24, 2.45) is 5.41 Å². The minimum atomic E-state index is -0.868. The van der Waals surface area contributed by atoms with Crippen molar-refractivity contribution in [1.82, 2.24) is 4.57 Å². The van der Waals surface area contributed by atoms with E-state index < -0.39 is 11.5 Å². The van der Waals surface area contributed by atoms with Crippen LogP contribution in [0.1, 0.15) is 37.6 Å². The van der Waals surface area contributed by atoms with Gasteiger partial charge in [-0.2, -0.15) is 0 Å². The van der Waals surface area contributed by atoms with Gasteiger partial charge < -0.3 is 23.9 Å². The fourth-order valence-corrected chi connectivity index (χ4v) is 4.29. The van der Waals surface area contributed by atoms with E-state index in [0.29, 0.717) is 29.8 Å². The molecule has 1 saturated heterocycles. The molecule has 0 spiro atoms. The maximum Gasteiger partial charge on any atom is 0.237 e. The number of aliphatic hydroxyl groups is 1. The predicted molar refractivity (Wildman–Crippen MR) is 87.9 cm³/mol. The van der Waals surface area contributed by atoms with E-state index in [0.717, 1.165) is 6.42 Å². The minimum absolute atomic E-state index is 0.0704. The van der Waals surface area contributed by atoms with Crippen LogP contribution in [0.5, 0.6) is 5.75 Å². The van der Waals surface area contributed by atoms with Crippen LogP contribution < -0.4 is 10.2 Å². The Morgan fingerprint density at radius 3 is 2.91 bits per heavy atom. The van der Waals surface area contributed by atoms with E-state index >= 15 is 0 Å². The van der Waals surface area contributed by atoms with Crippen molar-refractivity contribution in [2.75, 3.05) is 27.4 Å². The highest BCUT2D eigenvalue weighted by molar-refractivity contribution is 9.10. The van der Waals surface area contributed by atoms with Gasteiger partial charge >= 0.3 is 0 Å². The SMILES string of the molecule is COCCC1(C)C(O)c2c(OC)c(=O)c(Br)cn2C2CCOC21. The first-order valence-corrected chi connectivity index (χ1v) is 8.52. The van der Waals surface area contributed by atoms with Gasteiger partial charge in [0.2, 0.25) is 5.43 Å². The molecule has 4 unspecified atom stereocenters. The van der Waals surface area contributed by atoms with Gasteiger partial charge in [-0.1, -0.05) is 6.92 Å². The number of hydrogen-bond acceptors (Lipinski definition) is 5. The molecule has 2 aliphatic rings. The number of aromatic nitrogens is 1. The number of nitrogens with zero attached hydrogens (tertiary/aromatic N) is 1. The topological polar surface area (TPSA) is 69.9 Å². The van der Waals surface area contributed by atoms with Gasteiger partial charge in [-0.25, -0.2) is 0 Å². The molecule has 0 radical (unpaired) electrons. The Hall–Kier alpha value is -0.890. The van der Waals surface area contributed by atoms with Crippen LogP contribution in [0, 0.1) is 5.41 Å². The van der Waals surface area contributed by atoms with Gasteiger partial charge in [0.05, 0.1) is 29.4 Å². The van der Waals surface area contributed by atoms with Gasteiger partial charge in [0.25, 0.3) is 0 Å². The molecule has 3 rings (SSSR count). The van der Waals surface area contributed by atoms with E-state index in [2.05, 4.69) is 15.9 Å². The lowest BCUT2D eigenvalue weighted by atomic mass is 9.69. The van der Waals surface area contributed by atoms with E-state index in [4.69, 9.17) is 14.2 Å². The standard InChI is InChI=1S/C16H22BrNO5/c1-16(5-7-21-2)14(20)11-13(22-3)12(19)9(17)8-18(11)10-4-6-23-15(10)16/h8,10,14-15,20H,4-7H2,1-3H3. The maximum absolute atomic E-state index is 12.4. The molecule has 0 saturated carbocycles. The first kappa shape index (κ1) is 17.0. The average molecular weight is 388 g/mol. The number of hydrogen-bond donors (Lipinski definition) is 1. The zero-order valence-electron chi connectivity index (χ0n) is 13.5. The smallest absolute Gasteiger partial charge is 0.237 e. The van der Waals surface area contributed by atoms with Crippen molar-refractivity contribution in [2.45, 2.75) is 38.0 Å². The Kier molecular flexibility index (Phi) is 4.57. The minimum Gasteiger partial charge on any atom is -0.491 e. The normalized spacial score (nSPS) is 32.5. The monoisotopic (exact) mass is 387 g/mol. The Bertz CT molecular complexity index is 661. The summed E-state index contributed by atoms with van der Waals surface area (Å²) in [5.41, 5.74) is -0.250. The predicted octanol–water partition coefficient (Wildman–Crippen LogP) is 2.04. The van der Waals surface area contributed by atoms with Crippen LogP contribution in [0.4, 0.5) is 0 Å². The molecule has 0 amide bonds. The van der Waals surface area contributed by atoms with Gasteiger partial charge in [0.1, 0.15) is 6.10 Å². The summed E-state index contributed by atoms with van der Waals surface area (Å²) in [5.74, 6) is 0.195. The van der Waals surface area contributed by atoms with Crippen LogP contribution in [0.3, 0.4) is 0 Å². The van der Waals surface area contributed by atoms with Crippen LogP contribution in [0.25, 0.3) is 0 Å². The maximum atomic E-state index is 12.4. The average Bonchev–Trinajstić information content (AvgIpc) is 3.03. The van der Waals surface area contributed by atoms with Crippen molar-refractivity contribution in [3.05, 3.63) is 26.6 Å². The van der Waals surface area contributed by atoms with Crippen molar-refractivity contribution in [3.63, 3.8) is 0 Å². The third-order valence-electron chi connectivity index (χ3n) is 5.19. The van der Waals surface area contributed by atoms with E-state index in [1.54, 1.807) is 13.3 Å². The number of pyridine rings is 1. The zero-order chi connectivity index (χ0) is 16.8. The van der Waals surface area contributed by atoms with Crippen LogP contribution in [0.2, 0.25) is 0 Å². The summed E-state index contributed by atoms with van der Waals surface area (Å²) >= 11 is 3.30. The van der Waals surface area contributed by atoms with Crippen molar-refractivity contribution >= 4 is 15.9 Å². The van der Waals surface area contributed by atoms with Gasteiger partial charge in [-0.3, -0.25) is 4.79 Å². The summed E-state index contributed by atoms with van der Waals surface area (Å²) in [6.45, 7) is 3.15. The highest BCUT2D eigenvalue weighted by Gasteiger charge is 2.54. The Labute approximate surface area is 143 Å².